The maximum absolute atomic E-state index is 12.5. The predicted molar refractivity (Wildman–Crippen MR) is 85.4 cm³/mol. The van der Waals surface area contributed by atoms with Crippen LogP contribution in [0.4, 0.5) is 0 Å². The molecule has 0 bridgehead atoms. The molecule has 5 heteroatoms. The molecule has 0 radical (unpaired) electrons. The van der Waals surface area contributed by atoms with E-state index in [1.54, 1.807) is 11.9 Å². The van der Waals surface area contributed by atoms with Crippen molar-refractivity contribution in [1.82, 2.24) is 10.2 Å². The number of nitrogens with one attached hydrogen (secondary N) is 1. The molecule has 1 aromatic rings. The molecule has 22 heavy (non-hydrogen) atoms. The van der Waals surface area contributed by atoms with Crippen LogP contribution >= 0.6 is 11.6 Å². The van der Waals surface area contributed by atoms with Gasteiger partial charge in [-0.05, 0) is 42.9 Å². The van der Waals surface area contributed by atoms with E-state index in [0.717, 1.165) is 24.8 Å². The summed E-state index contributed by atoms with van der Waals surface area (Å²) in [5.41, 5.74) is 1.10. The largest absolute Gasteiger partial charge is 0.349 e. The van der Waals surface area contributed by atoms with Crippen LogP contribution in [0.1, 0.15) is 37.3 Å². The van der Waals surface area contributed by atoms with Crippen LogP contribution in [0.2, 0.25) is 5.02 Å². The Hall–Kier alpha value is -1.55. The third-order valence-electron chi connectivity index (χ3n) is 4.65. The minimum atomic E-state index is -0.197. The third kappa shape index (κ3) is 3.43. The van der Waals surface area contributed by atoms with Gasteiger partial charge in [0.1, 0.15) is 0 Å². The van der Waals surface area contributed by atoms with Crippen LogP contribution in [0.25, 0.3) is 0 Å². The summed E-state index contributed by atoms with van der Waals surface area (Å²) in [6, 6.07) is 7.71. The Kier molecular flexibility index (Phi) is 4.39. The van der Waals surface area contributed by atoms with Gasteiger partial charge in [0, 0.05) is 31.0 Å². The van der Waals surface area contributed by atoms with Gasteiger partial charge in [0.2, 0.25) is 11.8 Å². The van der Waals surface area contributed by atoms with E-state index in [4.69, 9.17) is 11.6 Å². The molecule has 1 heterocycles. The van der Waals surface area contributed by atoms with Crippen LogP contribution in [0.3, 0.4) is 0 Å². The van der Waals surface area contributed by atoms with Gasteiger partial charge in [-0.2, -0.15) is 0 Å². The van der Waals surface area contributed by atoms with Gasteiger partial charge in [-0.25, -0.2) is 0 Å². The number of nitrogens with zero attached hydrogens (tertiary/aromatic N) is 1. The molecule has 1 N–H and O–H groups in total. The number of piperidine rings is 1. The number of halogens is 1. The van der Waals surface area contributed by atoms with Gasteiger partial charge in [0.15, 0.2) is 0 Å². The molecule has 0 aromatic heterocycles. The highest BCUT2D eigenvalue weighted by atomic mass is 35.5. The average Bonchev–Trinajstić information content (AvgIpc) is 3.33. The molecule has 1 saturated carbocycles. The first-order chi connectivity index (χ1) is 10.5. The highest BCUT2D eigenvalue weighted by Crippen LogP contribution is 2.41. The monoisotopic (exact) mass is 320 g/mol. The zero-order valence-corrected chi connectivity index (χ0v) is 13.5. The van der Waals surface area contributed by atoms with Gasteiger partial charge >= 0.3 is 0 Å². The first kappa shape index (κ1) is 15.3. The Morgan fingerprint density at radius 1 is 1.27 bits per heavy atom. The quantitative estimate of drug-likeness (QED) is 0.927. The van der Waals surface area contributed by atoms with Crippen molar-refractivity contribution in [3.8, 4) is 0 Å². The summed E-state index contributed by atoms with van der Waals surface area (Å²) in [6.07, 6.45) is 3.34. The number of hydrogen-bond acceptors (Lipinski definition) is 2. The van der Waals surface area contributed by atoms with Crippen molar-refractivity contribution >= 4 is 23.4 Å². The molecular formula is C17H21ClN2O2. The van der Waals surface area contributed by atoms with E-state index >= 15 is 0 Å². The predicted octanol–water partition coefficient (Wildman–Crippen LogP) is 2.78. The first-order valence-corrected chi connectivity index (χ1v) is 8.22. The number of carbonyl (C=O) groups excluding carboxylic acids is 2. The zero-order valence-electron chi connectivity index (χ0n) is 12.7. The standard InChI is InChI=1S/C17H21ClN2O2/c1-20-9-8-13(10-15(20)21)17(22)19-16(11-2-3-11)12-4-6-14(18)7-5-12/h4-7,11,13,16H,2-3,8-10H2,1H3,(H,19,22)/t13-,16-/m1/s1. The van der Waals surface area contributed by atoms with Crippen molar-refractivity contribution in [3.63, 3.8) is 0 Å². The summed E-state index contributed by atoms with van der Waals surface area (Å²) < 4.78 is 0. The van der Waals surface area contributed by atoms with Gasteiger partial charge in [-0.3, -0.25) is 9.59 Å². The van der Waals surface area contributed by atoms with E-state index < -0.39 is 0 Å². The second-order valence-corrected chi connectivity index (χ2v) is 6.82. The maximum atomic E-state index is 12.5. The van der Waals surface area contributed by atoms with Gasteiger partial charge < -0.3 is 10.2 Å². The van der Waals surface area contributed by atoms with Crippen molar-refractivity contribution in [1.29, 1.82) is 0 Å². The molecule has 118 valence electrons. The topological polar surface area (TPSA) is 49.4 Å². The molecule has 1 aliphatic carbocycles. The first-order valence-electron chi connectivity index (χ1n) is 7.84. The van der Waals surface area contributed by atoms with E-state index in [0.29, 0.717) is 23.9 Å². The second kappa shape index (κ2) is 6.29. The van der Waals surface area contributed by atoms with E-state index in [-0.39, 0.29) is 23.8 Å². The molecule has 0 unspecified atom stereocenters. The fraction of sp³-hybridized carbons (Fsp3) is 0.529. The number of carbonyl (C=O) groups is 2. The van der Waals surface area contributed by atoms with Crippen LogP contribution in [-0.2, 0) is 9.59 Å². The molecule has 1 aliphatic heterocycles. The van der Waals surface area contributed by atoms with Crippen LogP contribution in [0, 0.1) is 11.8 Å². The Balaban J connectivity index is 1.67. The Bertz CT molecular complexity index is 569. The SMILES string of the molecule is CN1CC[C@@H](C(=O)N[C@@H](c2ccc(Cl)cc2)C2CC2)CC1=O. The summed E-state index contributed by atoms with van der Waals surface area (Å²) in [7, 11) is 1.79. The fourth-order valence-corrected chi connectivity index (χ4v) is 3.14. The average molecular weight is 321 g/mol. The molecule has 2 atom stereocenters. The van der Waals surface area contributed by atoms with Gasteiger partial charge in [0.25, 0.3) is 0 Å². The normalized spacial score (nSPS) is 23.3. The van der Waals surface area contributed by atoms with Crippen molar-refractivity contribution in [2.75, 3.05) is 13.6 Å². The van der Waals surface area contributed by atoms with E-state index in [1.807, 2.05) is 24.3 Å². The van der Waals surface area contributed by atoms with E-state index in [2.05, 4.69) is 5.32 Å². The summed E-state index contributed by atoms with van der Waals surface area (Å²) in [6.45, 7) is 0.659. The number of benzene rings is 1. The summed E-state index contributed by atoms with van der Waals surface area (Å²) >= 11 is 5.94. The second-order valence-electron chi connectivity index (χ2n) is 6.38. The Morgan fingerprint density at radius 3 is 2.55 bits per heavy atom. The van der Waals surface area contributed by atoms with E-state index in [9.17, 15) is 9.59 Å². The van der Waals surface area contributed by atoms with Crippen molar-refractivity contribution in [2.24, 2.45) is 11.8 Å². The lowest BCUT2D eigenvalue weighted by Gasteiger charge is -2.29. The van der Waals surface area contributed by atoms with Crippen LogP contribution < -0.4 is 5.32 Å². The van der Waals surface area contributed by atoms with Gasteiger partial charge in [-0.15, -0.1) is 0 Å². The minimum Gasteiger partial charge on any atom is -0.349 e. The lowest BCUT2D eigenvalue weighted by Crippen LogP contribution is -2.43. The Morgan fingerprint density at radius 2 is 1.95 bits per heavy atom. The molecule has 4 nitrogen and oxygen atoms in total. The molecule has 2 fully saturated rings. The molecule has 1 aromatic carbocycles. The zero-order chi connectivity index (χ0) is 15.7. The maximum Gasteiger partial charge on any atom is 0.224 e. The lowest BCUT2D eigenvalue weighted by molar-refractivity contribution is -0.139. The molecule has 0 spiro atoms. The summed E-state index contributed by atoms with van der Waals surface area (Å²) in [5.74, 6) is 0.374. The summed E-state index contributed by atoms with van der Waals surface area (Å²) in [4.78, 5) is 26.0. The fourth-order valence-electron chi connectivity index (χ4n) is 3.01. The highest BCUT2D eigenvalue weighted by molar-refractivity contribution is 6.30. The molecule has 2 aliphatic rings. The minimum absolute atomic E-state index is 0.00769. The van der Waals surface area contributed by atoms with Crippen molar-refractivity contribution in [2.45, 2.75) is 31.7 Å². The van der Waals surface area contributed by atoms with Crippen molar-refractivity contribution < 1.29 is 9.59 Å². The van der Waals surface area contributed by atoms with Crippen LogP contribution in [-0.4, -0.2) is 30.3 Å². The number of rotatable bonds is 4. The molecule has 3 rings (SSSR count). The number of hydrogen-bond donors (Lipinski definition) is 1. The summed E-state index contributed by atoms with van der Waals surface area (Å²) in [5, 5.41) is 3.87. The number of amides is 2. The molecule has 1 saturated heterocycles. The van der Waals surface area contributed by atoms with Crippen LogP contribution in [0.5, 0.6) is 0 Å². The lowest BCUT2D eigenvalue weighted by atomic mass is 9.94. The number of likely N-dealkylation sites (tertiary alicyclic amines) is 1. The van der Waals surface area contributed by atoms with Gasteiger partial charge in [0.05, 0.1) is 6.04 Å². The smallest absolute Gasteiger partial charge is 0.224 e. The van der Waals surface area contributed by atoms with Gasteiger partial charge in [-0.1, -0.05) is 23.7 Å². The Labute approximate surface area is 135 Å². The molecular weight excluding hydrogens is 300 g/mol. The highest BCUT2D eigenvalue weighted by Gasteiger charge is 2.36. The van der Waals surface area contributed by atoms with Crippen molar-refractivity contribution in [3.05, 3.63) is 34.9 Å². The van der Waals surface area contributed by atoms with E-state index in [1.165, 1.54) is 0 Å². The molecule has 2 amide bonds. The van der Waals surface area contributed by atoms with Crippen LogP contribution in [0.15, 0.2) is 24.3 Å². The third-order valence-corrected chi connectivity index (χ3v) is 4.90.